The molecule has 5 nitrogen and oxygen atoms in total. The van der Waals surface area contributed by atoms with Gasteiger partial charge in [0.15, 0.2) is 0 Å². The van der Waals surface area contributed by atoms with Crippen molar-refractivity contribution in [1.29, 1.82) is 0 Å². The Bertz CT molecular complexity index is 554. The van der Waals surface area contributed by atoms with Gasteiger partial charge in [-0.1, -0.05) is 13.8 Å². The van der Waals surface area contributed by atoms with Crippen molar-refractivity contribution in [2.45, 2.75) is 20.0 Å². The Kier molecular flexibility index (Phi) is 3.53. The third kappa shape index (κ3) is 2.46. The molecule has 1 aliphatic heterocycles. The molecule has 0 radical (unpaired) electrons. The van der Waals surface area contributed by atoms with Crippen molar-refractivity contribution in [3.63, 3.8) is 0 Å². The maximum Gasteiger partial charge on any atom is 0.307 e. The minimum atomic E-state index is -0.874. The highest BCUT2D eigenvalue weighted by molar-refractivity contribution is 7.07. The Morgan fingerprint density at radius 3 is 2.76 bits per heavy atom. The van der Waals surface area contributed by atoms with Gasteiger partial charge in [0.05, 0.1) is 25.0 Å². The van der Waals surface area contributed by atoms with E-state index >= 15 is 0 Å². The normalized spacial score (nSPS) is 31.0. The van der Waals surface area contributed by atoms with E-state index in [4.69, 9.17) is 4.74 Å². The van der Waals surface area contributed by atoms with Crippen LogP contribution in [-0.4, -0.2) is 41.6 Å². The van der Waals surface area contributed by atoms with Gasteiger partial charge in [-0.3, -0.25) is 9.59 Å². The number of nitrogens with zero attached hydrogens (tertiary/aromatic N) is 1. The van der Waals surface area contributed by atoms with E-state index in [1.165, 1.54) is 0 Å². The lowest BCUT2D eigenvalue weighted by Crippen LogP contribution is -2.43. The average molecular weight is 309 g/mol. The molecule has 114 valence electrons. The summed E-state index contributed by atoms with van der Waals surface area (Å²) in [6.45, 7) is 5.25. The molecule has 1 saturated carbocycles. The zero-order valence-corrected chi connectivity index (χ0v) is 12.9. The van der Waals surface area contributed by atoms with Gasteiger partial charge in [0.1, 0.15) is 6.10 Å². The summed E-state index contributed by atoms with van der Waals surface area (Å²) in [6.07, 6.45) is -0.0981. The predicted octanol–water partition coefficient (Wildman–Crippen LogP) is 2.00. The minimum absolute atomic E-state index is 0.0454. The van der Waals surface area contributed by atoms with Crippen molar-refractivity contribution in [3.8, 4) is 0 Å². The van der Waals surface area contributed by atoms with Crippen LogP contribution in [-0.2, 0) is 14.3 Å². The molecule has 2 heterocycles. The summed E-state index contributed by atoms with van der Waals surface area (Å²) in [5, 5.41) is 13.2. The fourth-order valence-corrected chi connectivity index (χ4v) is 3.97. The number of ether oxygens (including phenoxy) is 1. The van der Waals surface area contributed by atoms with Gasteiger partial charge in [0.2, 0.25) is 5.91 Å². The molecule has 1 N–H and O–H groups in total. The largest absolute Gasteiger partial charge is 0.481 e. The summed E-state index contributed by atoms with van der Waals surface area (Å²) in [7, 11) is 0. The van der Waals surface area contributed by atoms with Gasteiger partial charge in [-0.15, -0.1) is 0 Å². The van der Waals surface area contributed by atoms with Gasteiger partial charge in [0, 0.05) is 6.54 Å². The first-order valence-corrected chi connectivity index (χ1v) is 8.02. The summed E-state index contributed by atoms with van der Waals surface area (Å²) in [4.78, 5) is 25.6. The Morgan fingerprint density at radius 2 is 2.19 bits per heavy atom. The van der Waals surface area contributed by atoms with Crippen molar-refractivity contribution >= 4 is 23.2 Å². The first kappa shape index (κ1) is 14.5. The van der Waals surface area contributed by atoms with Gasteiger partial charge in [0.25, 0.3) is 0 Å². The van der Waals surface area contributed by atoms with Crippen LogP contribution in [0.3, 0.4) is 0 Å². The maximum atomic E-state index is 12.6. The second-order valence-electron chi connectivity index (χ2n) is 6.32. The van der Waals surface area contributed by atoms with Crippen LogP contribution in [0.1, 0.15) is 25.5 Å². The van der Waals surface area contributed by atoms with Crippen LogP contribution < -0.4 is 0 Å². The predicted molar refractivity (Wildman–Crippen MR) is 78.0 cm³/mol. The highest BCUT2D eigenvalue weighted by Crippen LogP contribution is 2.59. The van der Waals surface area contributed by atoms with Crippen LogP contribution in [0.4, 0.5) is 0 Å². The van der Waals surface area contributed by atoms with E-state index in [9.17, 15) is 14.7 Å². The number of thiophene rings is 1. The molecule has 3 atom stereocenters. The SMILES string of the molecule is CC1(C)[C@H](C(=O)O)[C@@H]1C(=O)N1CCOC(c2ccsc2)C1. The number of carboxylic acid groups (broad SMARTS) is 1. The molecule has 1 amide bonds. The van der Waals surface area contributed by atoms with Crippen LogP contribution >= 0.6 is 11.3 Å². The molecule has 3 rings (SSSR count). The van der Waals surface area contributed by atoms with Gasteiger partial charge >= 0.3 is 5.97 Å². The summed E-state index contributed by atoms with van der Waals surface area (Å²) in [6, 6.07) is 2.00. The third-order valence-corrected chi connectivity index (χ3v) is 5.35. The monoisotopic (exact) mass is 309 g/mol. The van der Waals surface area contributed by atoms with Crippen molar-refractivity contribution in [3.05, 3.63) is 22.4 Å². The van der Waals surface area contributed by atoms with Gasteiger partial charge in [-0.05, 0) is 27.8 Å². The van der Waals surface area contributed by atoms with E-state index in [0.29, 0.717) is 19.7 Å². The van der Waals surface area contributed by atoms with Crippen molar-refractivity contribution in [2.75, 3.05) is 19.7 Å². The molecule has 1 aromatic heterocycles. The molecule has 21 heavy (non-hydrogen) atoms. The van der Waals surface area contributed by atoms with Crippen LogP contribution in [0.2, 0.25) is 0 Å². The fraction of sp³-hybridized carbons (Fsp3) is 0.600. The number of carbonyl (C=O) groups excluding carboxylic acids is 1. The molecule has 2 fully saturated rings. The van der Waals surface area contributed by atoms with E-state index in [-0.39, 0.29) is 12.0 Å². The number of hydrogen-bond donors (Lipinski definition) is 1. The molecule has 6 heteroatoms. The van der Waals surface area contributed by atoms with Gasteiger partial charge < -0.3 is 14.7 Å². The Balaban J connectivity index is 1.70. The lowest BCUT2D eigenvalue weighted by atomic mass is 10.1. The lowest BCUT2D eigenvalue weighted by molar-refractivity contribution is -0.145. The fourth-order valence-electron chi connectivity index (χ4n) is 3.27. The summed E-state index contributed by atoms with van der Waals surface area (Å²) >= 11 is 1.60. The summed E-state index contributed by atoms with van der Waals surface area (Å²) in [5.41, 5.74) is 0.640. The van der Waals surface area contributed by atoms with Crippen molar-refractivity contribution < 1.29 is 19.4 Å². The molecule has 0 spiro atoms. The van der Waals surface area contributed by atoms with Crippen LogP contribution in [0.15, 0.2) is 16.8 Å². The first-order valence-electron chi connectivity index (χ1n) is 7.08. The number of rotatable bonds is 3. The molecule has 2 aliphatic rings. The van der Waals surface area contributed by atoms with Crippen molar-refractivity contribution in [1.82, 2.24) is 4.90 Å². The Morgan fingerprint density at radius 1 is 1.43 bits per heavy atom. The first-order chi connectivity index (χ1) is 9.93. The molecule has 1 saturated heterocycles. The van der Waals surface area contributed by atoms with Gasteiger partial charge in [-0.2, -0.15) is 11.3 Å². The molecular weight excluding hydrogens is 290 g/mol. The summed E-state index contributed by atoms with van der Waals surface area (Å²) in [5.74, 6) is -1.89. The van der Waals surface area contributed by atoms with E-state index in [2.05, 4.69) is 0 Å². The molecular formula is C15H19NO4S. The number of amides is 1. The Labute approximate surface area is 127 Å². The topological polar surface area (TPSA) is 66.8 Å². The standard InChI is InChI=1S/C15H19NO4S/c1-15(2)11(12(15)14(18)19)13(17)16-4-5-20-10(7-16)9-3-6-21-8-9/h3,6,8,10-12H,4-5,7H2,1-2H3,(H,18,19)/t10?,11-,12+/m1/s1. The smallest absolute Gasteiger partial charge is 0.307 e. The average Bonchev–Trinajstić information content (AvgIpc) is 2.81. The van der Waals surface area contributed by atoms with Gasteiger partial charge in [-0.25, -0.2) is 0 Å². The van der Waals surface area contributed by atoms with E-state index in [1.807, 2.05) is 30.7 Å². The number of carbonyl (C=O) groups is 2. The van der Waals surface area contributed by atoms with E-state index in [1.54, 1.807) is 16.2 Å². The zero-order valence-electron chi connectivity index (χ0n) is 12.1. The van der Waals surface area contributed by atoms with Crippen LogP contribution in [0, 0.1) is 17.3 Å². The molecule has 1 aliphatic carbocycles. The third-order valence-electron chi connectivity index (χ3n) is 4.65. The van der Waals surface area contributed by atoms with Crippen LogP contribution in [0.5, 0.6) is 0 Å². The minimum Gasteiger partial charge on any atom is -0.481 e. The molecule has 0 bridgehead atoms. The number of carboxylic acids is 1. The molecule has 1 aromatic rings. The molecule has 0 aromatic carbocycles. The molecule has 1 unspecified atom stereocenters. The second kappa shape index (κ2) is 5.10. The second-order valence-corrected chi connectivity index (χ2v) is 7.10. The lowest BCUT2D eigenvalue weighted by Gasteiger charge is -2.33. The maximum absolute atomic E-state index is 12.6. The Hall–Kier alpha value is -1.40. The number of hydrogen-bond acceptors (Lipinski definition) is 4. The van der Waals surface area contributed by atoms with Crippen LogP contribution in [0.25, 0.3) is 0 Å². The van der Waals surface area contributed by atoms with Crippen molar-refractivity contribution in [2.24, 2.45) is 17.3 Å². The quantitative estimate of drug-likeness (QED) is 0.927. The highest BCUT2D eigenvalue weighted by atomic mass is 32.1. The van der Waals surface area contributed by atoms with E-state index < -0.39 is 23.2 Å². The van der Waals surface area contributed by atoms with E-state index in [0.717, 1.165) is 5.56 Å². The number of morpholine rings is 1. The zero-order chi connectivity index (χ0) is 15.2. The number of aliphatic carboxylic acids is 1. The highest BCUT2D eigenvalue weighted by Gasteiger charge is 2.66. The summed E-state index contributed by atoms with van der Waals surface area (Å²) < 4.78 is 5.73.